The van der Waals surface area contributed by atoms with E-state index in [1.165, 1.54) is 5.56 Å². The first-order chi connectivity index (χ1) is 18.0. The first-order valence-corrected chi connectivity index (χ1v) is 14.7. The Bertz CT molecular complexity index is 1210. The SMILES string of the molecule is COc1ccc(CC[C@H](OC(=O)c2c(C(C)C)cc(C(C)C)cc2C(C)C)[S@](=O)c2ccc(C)cc2)cc1. The molecule has 38 heavy (non-hydrogen) atoms. The molecule has 2 atom stereocenters. The van der Waals surface area contributed by atoms with Gasteiger partial charge >= 0.3 is 5.97 Å². The number of benzene rings is 3. The third kappa shape index (κ3) is 7.35. The van der Waals surface area contributed by atoms with Crippen molar-refractivity contribution in [3.05, 3.63) is 94.0 Å². The molecular formula is C33H42O4S. The van der Waals surface area contributed by atoms with Crippen LogP contribution in [0.5, 0.6) is 5.75 Å². The fourth-order valence-corrected chi connectivity index (χ4v) is 5.69. The minimum atomic E-state index is -1.52. The predicted octanol–water partition coefficient (Wildman–Crippen LogP) is 8.30. The summed E-state index contributed by atoms with van der Waals surface area (Å²) < 4.78 is 25.2. The summed E-state index contributed by atoms with van der Waals surface area (Å²) >= 11 is 0. The Morgan fingerprint density at radius 1 is 0.816 bits per heavy atom. The second kappa shape index (κ2) is 13.2. The highest BCUT2D eigenvalue weighted by Gasteiger charge is 2.28. The van der Waals surface area contributed by atoms with E-state index in [2.05, 4.69) is 53.7 Å². The van der Waals surface area contributed by atoms with Gasteiger partial charge in [0.1, 0.15) is 5.75 Å². The van der Waals surface area contributed by atoms with Crippen molar-refractivity contribution in [1.82, 2.24) is 0 Å². The van der Waals surface area contributed by atoms with E-state index in [0.29, 0.717) is 29.2 Å². The van der Waals surface area contributed by atoms with Crippen LogP contribution >= 0.6 is 0 Å². The molecule has 0 aliphatic rings. The third-order valence-electron chi connectivity index (χ3n) is 6.89. The molecule has 0 spiro atoms. The molecular weight excluding hydrogens is 492 g/mol. The Labute approximate surface area is 231 Å². The highest BCUT2D eigenvalue weighted by Crippen LogP contribution is 2.33. The van der Waals surface area contributed by atoms with Crippen LogP contribution in [0.25, 0.3) is 0 Å². The van der Waals surface area contributed by atoms with Gasteiger partial charge in [-0.15, -0.1) is 0 Å². The lowest BCUT2D eigenvalue weighted by Crippen LogP contribution is -2.26. The van der Waals surface area contributed by atoms with Crippen LogP contribution in [0, 0.1) is 6.92 Å². The van der Waals surface area contributed by atoms with E-state index in [-0.39, 0.29) is 11.8 Å². The maximum absolute atomic E-state index is 13.9. The number of hydrogen-bond donors (Lipinski definition) is 0. The zero-order valence-electron chi connectivity index (χ0n) is 24.0. The molecule has 0 fully saturated rings. The lowest BCUT2D eigenvalue weighted by atomic mass is 9.84. The number of esters is 1. The first-order valence-electron chi connectivity index (χ1n) is 13.5. The average molecular weight is 535 g/mol. The van der Waals surface area contributed by atoms with Gasteiger partial charge in [0.15, 0.2) is 5.44 Å². The summed E-state index contributed by atoms with van der Waals surface area (Å²) in [4.78, 5) is 14.6. The maximum Gasteiger partial charge on any atom is 0.339 e. The van der Waals surface area contributed by atoms with Crippen molar-refractivity contribution in [3.63, 3.8) is 0 Å². The third-order valence-corrected chi connectivity index (χ3v) is 8.44. The highest BCUT2D eigenvalue weighted by molar-refractivity contribution is 7.85. The summed E-state index contributed by atoms with van der Waals surface area (Å²) in [6.45, 7) is 14.7. The van der Waals surface area contributed by atoms with Gasteiger partial charge in [-0.05, 0) is 77.6 Å². The van der Waals surface area contributed by atoms with Crippen molar-refractivity contribution in [3.8, 4) is 5.75 Å². The smallest absolute Gasteiger partial charge is 0.339 e. The number of aryl methyl sites for hydroxylation is 2. The molecule has 0 radical (unpaired) electrons. The fraction of sp³-hybridized carbons (Fsp3) is 0.424. The summed E-state index contributed by atoms with van der Waals surface area (Å²) in [6, 6.07) is 19.7. The molecule has 3 rings (SSSR count). The topological polar surface area (TPSA) is 52.6 Å². The van der Waals surface area contributed by atoms with Crippen LogP contribution in [0.3, 0.4) is 0 Å². The second-order valence-electron chi connectivity index (χ2n) is 10.9. The van der Waals surface area contributed by atoms with E-state index in [1.54, 1.807) is 7.11 Å². The molecule has 0 bridgehead atoms. The summed E-state index contributed by atoms with van der Waals surface area (Å²) in [5.74, 6) is 1.03. The molecule has 0 unspecified atom stereocenters. The van der Waals surface area contributed by atoms with Crippen LogP contribution in [0.1, 0.15) is 104 Å². The van der Waals surface area contributed by atoms with Gasteiger partial charge in [0.05, 0.1) is 23.5 Å². The molecule has 0 aliphatic heterocycles. The fourth-order valence-electron chi connectivity index (χ4n) is 4.48. The lowest BCUT2D eigenvalue weighted by Gasteiger charge is -2.24. The normalized spacial score (nSPS) is 13.1. The predicted molar refractivity (Wildman–Crippen MR) is 157 cm³/mol. The monoisotopic (exact) mass is 534 g/mol. The average Bonchev–Trinajstić information content (AvgIpc) is 2.90. The molecule has 3 aromatic carbocycles. The van der Waals surface area contributed by atoms with Crippen molar-refractivity contribution in [2.75, 3.05) is 7.11 Å². The van der Waals surface area contributed by atoms with E-state index in [4.69, 9.17) is 9.47 Å². The summed E-state index contributed by atoms with van der Waals surface area (Å²) in [5, 5.41) is 0. The van der Waals surface area contributed by atoms with Crippen molar-refractivity contribution in [2.24, 2.45) is 0 Å². The Kier molecular flexibility index (Phi) is 10.3. The second-order valence-corrected chi connectivity index (χ2v) is 12.5. The summed E-state index contributed by atoms with van der Waals surface area (Å²) in [7, 11) is 0.121. The largest absolute Gasteiger partial charge is 0.497 e. The Morgan fingerprint density at radius 3 is 1.84 bits per heavy atom. The van der Waals surface area contributed by atoms with E-state index in [0.717, 1.165) is 28.0 Å². The van der Waals surface area contributed by atoms with Gasteiger partial charge in [0.25, 0.3) is 0 Å². The van der Waals surface area contributed by atoms with E-state index >= 15 is 0 Å². The van der Waals surface area contributed by atoms with Gasteiger partial charge in [-0.25, -0.2) is 4.79 Å². The number of carbonyl (C=O) groups is 1. The highest BCUT2D eigenvalue weighted by atomic mass is 32.2. The first kappa shape index (κ1) is 29.6. The standard InChI is InChI=1S/C33H42O4S/c1-21(2)26-19-29(22(3)4)32(30(20-26)23(5)6)33(34)37-31(38(35)28-16-9-24(7)10-17-28)18-13-25-11-14-27(36-8)15-12-25/h9-12,14-17,19-23,31H,13,18H2,1-8H3/t31-,38-/m1/s1. The van der Waals surface area contributed by atoms with Crippen LogP contribution in [0.15, 0.2) is 65.6 Å². The number of ether oxygens (including phenoxy) is 2. The van der Waals surface area contributed by atoms with Crippen LogP contribution in [-0.4, -0.2) is 22.7 Å². The van der Waals surface area contributed by atoms with Gasteiger partial charge in [-0.2, -0.15) is 0 Å². The minimum Gasteiger partial charge on any atom is -0.497 e. The van der Waals surface area contributed by atoms with Gasteiger partial charge in [-0.3, -0.25) is 4.21 Å². The van der Waals surface area contributed by atoms with Crippen molar-refractivity contribution in [2.45, 2.75) is 89.4 Å². The number of carbonyl (C=O) groups excluding carboxylic acids is 1. The molecule has 204 valence electrons. The molecule has 0 N–H and O–H groups in total. The number of rotatable bonds is 11. The van der Waals surface area contributed by atoms with Gasteiger partial charge in [-0.1, -0.05) is 83.5 Å². The van der Waals surface area contributed by atoms with E-state index in [1.807, 2.05) is 55.5 Å². The van der Waals surface area contributed by atoms with Gasteiger partial charge in [0.2, 0.25) is 0 Å². The van der Waals surface area contributed by atoms with Crippen LogP contribution in [0.4, 0.5) is 0 Å². The van der Waals surface area contributed by atoms with Crippen molar-refractivity contribution >= 4 is 16.8 Å². The molecule has 4 nitrogen and oxygen atoms in total. The Morgan fingerprint density at radius 2 is 1.37 bits per heavy atom. The van der Waals surface area contributed by atoms with Crippen LogP contribution in [-0.2, 0) is 22.0 Å². The van der Waals surface area contributed by atoms with Crippen LogP contribution in [0.2, 0.25) is 0 Å². The molecule has 0 aliphatic carbocycles. The number of hydrogen-bond acceptors (Lipinski definition) is 4. The molecule has 0 heterocycles. The Balaban J connectivity index is 1.98. The van der Waals surface area contributed by atoms with E-state index < -0.39 is 22.2 Å². The number of methoxy groups -OCH3 is 1. The molecule has 0 aromatic heterocycles. The molecule has 0 saturated heterocycles. The zero-order valence-corrected chi connectivity index (χ0v) is 24.9. The Hall–Kier alpha value is -2.92. The van der Waals surface area contributed by atoms with Crippen molar-refractivity contribution in [1.29, 1.82) is 0 Å². The lowest BCUT2D eigenvalue weighted by molar-refractivity contribution is 0.0437. The minimum absolute atomic E-state index is 0.147. The van der Waals surface area contributed by atoms with Gasteiger partial charge in [0, 0.05) is 11.3 Å². The summed E-state index contributed by atoms with van der Waals surface area (Å²) in [6.07, 6.45) is 1.07. The molecule has 5 heteroatoms. The molecule has 0 saturated carbocycles. The molecule has 0 amide bonds. The molecule has 3 aromatic rings. The van der Waals surface area contributed by atoms with Crippen LogP contribution < -0.4 is 4.74 Å². The van der Waals surface area contributed by atoms with Gasteiger partial charge < -0.3 is 9.47 Å². The maximum atomic E-state index is 13.9. The van der Waals surface area contributed by atoms with Crippen molar-refractivity contribution < 1.29 is 18.5 Å². The van der Waals surface area contributed by atoms with E-state index in [9.17, 15) is 9.00 Å². The zero-order chi connectivity index (χ0) is 28.0. The quantitative estimate of drug-likeness (QED) is 0.232. The summed E-state index contributed by atoms with van der Waals surface area (Å²) in [5.41, 5.74) is 5.19.